The largest absolute Gasteiger partial charge is 0.508 e. The van der Waals surface area contributed by atoms with E-state index in [1.807, 2.05) is 0 Å². The number of rotatable bonds is 2. The fourth-order valence-electron chi connectivity index (χ4n) is 1.60. The Morgan fingerprint density at radius 2 is 1.84 bits per heavy atom. The van der Waals surface area contributed by atoms with Crippen LogP contribution in [0.1, 0.15) is 0 Å². The van der Waals surface area contributed by atoms with Crippen molar-refractivity contribution in [2.45, 2.75) is 0 Å². The normalized spacial score (nSPS) is 10.6. The molecule has 1 aromatic carbocycles. The first-order valence-electron chi connectivity index (χ1n) is 5.46. The highest BCUT2D eigenvalue weighted by molar-refractivity contribution is 5.59. The molecule has 19 heavy (non-hydrogen) atoms. The highest BCUT2D eigenvalue weighted by Crippen LogP contribution is 2.23. The SMILES string of the molecule is Oc1ccc(-c2noc(-c3cncc(F)c3)n2)cc1. The van der Waals surface area contributed by atoms with Crippen molar-refractivity contribution in [3.63, 3.8) is 0 Å². The Hall–Kier alpha value is -2.76. The fraction of sp³-hybridized carbons (Fsp3) is 0. The number of phenolic OH excluding ortho intramolecular Hbond substituents is 1. The van der Waals surface area contributed by atoms with Gasteiger partial charge in [-0.25, -0.2) is 4.39 Å². The van der Waals surface area contributed by atoms with E-state index in [-0.39, 0.29) is 11.6 Å². The molecular weight excluding hydrogens is 249 g/mol. The molecule has 3 rings (SSSR count). The van der Waals surface area contributed by atoms with Crippen LogP contribution < -0.4 is 0 Å². The van der Waals surface area contributed by atoms with Gasteiger partial charge in [0.1, 0.15) is 11.6 Å². The van der Waals surface area contributed by atoms with Gasteiger partial charge in [-0.15, -0.1) is 0 Å². The number of hydrogen-bond donors (Lipinski definition) is 1. The molecule has 0 amide bonds. The minimum atomic E-state index is -0.470. The first kappa shape index (κ1) is 11.3. The van der Waals surface area contributed by atoms with Crippen LogP contribution >= 0.6 is 0 Å². The maximum absolute atomic E-state index is 13.0. The van der Waals surface area contributed by atoms with Gasteiger partial charge in [-0.3, -0.25) is 4.98 Å². The van der Waals surface area contributed by atoms with Gasteiger partial charge >= 0.3 is 0 Å². The molecule has 0 aliphatic carbocycles. The minimum Gasteiger partial charge on any atom is -0.508 e. The van der Waals surface area contributed by atoms with Crippen LogP contribution in [0.2, 0.25) is 0 Å². The summed E-state index contributed by atoms with van der Waals surface area (Å²) >= 11 is 0. The van der Waals surface area contributed by atoms with Gasteiger partial charge in [0, 0.05) is 11.8 Å². The van der Waals surface area contributed by atoms with Gasteiger partial charge in [0.2, 0.25) is 5.82 Å². The molecule has 2 heterocycles. The molecule has 94 valence electrons. The van der Waals surface area contributed by atoms with Crippen molar-refractivity contribution in [1.82, 2.24) is 15.1 Å². The van der Waals surface area contributed by atoms with Gasteiger partial charge in [-0.1, -0.05) is 5.16 Å². The molecule has 3 aromatic rings. The molecule has 0 saturated carbocycles. The smallest absolute Gasteiger partial charge is 0.259 e. The van der Waals surface area contributed by atoms with Crippen LogP contribution in [0.5, 0.6) is 5.75 Å². The lowest BCUT2D eigenvalue weighted by molar-refractivity contribution is 0.431. The van der Waals surface area contributed by atoms with Gasteiger partial charge in [-0.2, -0.15) is 4.98 Å². The predicted octanol–water partition coefficient (Wildman–Crippen LogP) is 2.64. The minimum absolute atomic E-state index is 0.154. The molecule has 0 bridgehead atoms. The van der Waals surface area contributed by atoms with Crippen molar-refractivity contribution < 1.29 is 14.0 Å². The van der Waals surface area contributed by atoms with E-state index < -0.39 is 5.82 Å². The van der Waals surface area contributed by atoms with E-state index in [0.29, 0.717) is 17.0 Å². The summed E-state index contributed by atoms with van der Waals surface area (Å²) in [5.41, 5.74) is 1.11. The lowest BCUT2D eigenvalue weighted by atomic mass is 10.2. The number of nitrogens with zero attached hydrogens (tertiary/aromatic N) is 3. The molecule has 0 spiro atoms. The first-order valence-corrected chi connectivity index (χ1v) is 5.46. The van der Waals surface area contributed by atoms with Gasteiger partial charge in [0.15, 0.2) is 0 Å². The van der Waals surface area contributed by atoms with Gasteiger partial charge < -0.3 is 9.63 Å². The van der Waals surface area contributed by atoms with Crippen LogP contribution in [-0.4, -0.2) is 20.2 Å². The second-order valence-corrected chi connectivity index (χ2v) is 3.86. The molecule has 2 aromatic heterocycles. The summed E-state index contributed by atoms with van der Waals surface area (Å²) in [6.45, 7) is 0. The Labute approximate surface area is 107 Å². The molecular formula is C13H8FN3O2. The molecule has 5 nitrogen and oxygen atoms in total. The maximum Gasteiger partial charge on any atom is 0.259 e. The van der Waals surface area contributed by atoms with E-state index in [1.165, 1.54) is 24.4 Å². The van der Waals surface area contributed by atoms with Crippen LogP contribution in [-0.2, 0) is 0 Å². The standard InChI is InChI=1S/C13H8FN3O2/c14-10-5-9(6-15-7-10)13-16-12(17-19-13)8-1-3-11(18)4-2-8/h1-7,18H. The number of aromatic nitrogens is 3. The highest BCUT2D eigenvalue weighted by Gasteiger charge is 2.11. The van der Waals surface area contributed by atoms with Crippen molar-refractivity contribution in [2.75, 3.05) is 0 Å². The third kappa shape index (κ3) is 2.28. The predicted molar refractivity (Wildman–Crippen MR) is 64.6 cm³/mol. The summed E-state index contributed by atoms with van der Waals surface area (Å²) in [5.74, 6) is 0.234. The van der Waals surface area contributed by atoms with E-state index in [2.05, 4.69) is 15.1 Å². The van der Waals surface area contributed by atoms with E-state index in [9.17, 15) is 9.50 Å². The van der Waals surface area contributed by atoms with Gasteiger partial charge in [-0.05, 0) is 30.3 Å². The molecule has 0 aliphatic heterocycles. The number of halogens is 1. The summed E-state index contributed by atoms with van der Waals surface area (Å²) < 4.78 is 18.1. The maximum atomic E-state index is 13.0. The summed E-state index contributed by atoms with van der Waals surface area (Å²) in [6.07, 6.45) is 2.54. The van der Waals surface area contributed by atoms with Crippen LogP contribution in [0.15, 0.2) is 47.2 Å². The average molecular weight is 257 g/mol. The van der Waals surface area contributed by atoms with E-state index in [4.69, 9.17) is 4.52 Å². The van der Waals surface area contributed by atoms with E-state index in [1.54, 1.807) is 12.1 Å². The molecule has 0 fully saturated rings. The monoisotopic (exact) mass is 257 g/mol. The average Bonchev–Trinajstić information content (AvgIpc) is 2.89. The third-order valence-electron chi connectivity index (χ3n) is 2.50. The number of hydrogen-bond acceptors (Lipinski definition) is 5. The van der Waals surface area contributed by atoms with E-state index >= 15 is 0 Å². The van der Waals surface area contributed by atoms with Crippen molar-refractivity contribution in [2.24, 2.45) is 0 Å². The van der Waals surface area contributed by atoms with Crippen molar-refractivity contribution >= 4 is 0 Å². The summed E-state index contributed by atoms with van der Waals surface area (Å²) in [7, 11) is 0. The Morgan fingerprint density at radius 1 is 1.05 bits per heavy atom. The molecule has 1 N–H and O–H groups in total. The number of phenols is 1. The highest BCUT2D eigenvalue weighted by atomic mass is 19.1. The topological polar surface area (TPSA) is 72.0 Å². The molecule has 6 heteroatoms. The zero-order valence-corrected chi connectivity index (χ0v) is 9.62. The van der Waals surface area contributed by atoms with Crippen LogP contribution in [0, 0.1) is 5.82 Å². The molecule has 0 atom stereocenters. The lowest BCUT2D eigenvalue weighted by Crippen LogP contribution is -1.83. The Kier molecular flexibility index (Phi) is 2.68. The Morgan fingerprint density at radius 3 is 2.58 bits per heavy atom. The number of benzene rings is 1. The third-order valence-corrected chi connectivity index (χ3v) is 2.50. The summed E-state index contributed by atoms with van der Waals surface area (Å²) in [4.78, 5) is 7.87. The van der Waals surface area contributed by atoms with Crippen LogP contribution in [0.4, 0.5) is 4.39 Å². The number of pyridine rings is 1. The van der Waals surface area contributed by atoms with Gasteiger partial charge in [0.25, 0.3) is 5.89 Å². The molecule has 0 saturated heterocycles. The van der Waals surface area contributed by atoms with Crippen molar-refractivity contribution in [3.05, 3.63) is 48.5 Å². The molecule has 0 aliphatic rings. The van der Waals surface area contributed by atoms with Crippen LogP contribution in [0.25, 0.3) is 22.8 Å². The van der Waals surface area contributed by atoms with Crippen LogP contribution in [0.3, 0.4) is 0 Å². The van der Waals surface area contributed by atoms with Crippen molar-refractivity contribution in [3.8, 4) is 28.6 Å². The summed E-state index contributed by atoms with van der Waals surface area (Å²) in [5, 5.41) is 13.0. The molecule has 0 radical (unpaired) electrons. The first-order chi connectivity index (χ1) is 9.22. The zero-order valence-electron chi connectivity index (χ0n) is 9.62. The van der Waals surface area contributed by atoms with Gasteiger partial charge in [0.05, 0.1) is 11.8 Å². The second-order valence-electron chi connectivity index (χ2n) is 3.86. The summed E-state index contributed by atoms with van der Waals surface area (Å²) in [6, 6.07) is 7.63. The van der Waals surface area contributed by atoms with Crippen molar-refractivity contribution in [1.29, 1.82) is 0 Å². The Balaban J connectivity index is 1.97. The zero-order chi connectivity index (χ0) is 13.2. The fourth-order valence-corrected chi connectivity index (χ4v) is 1.60. The quantitative estimate of drug-likeness (QED) is 0.764. The van der Waals surface area contributed by atoms with E-state index in [0.717, 1.165) is 6.20 Å². The second kappa shape index (κ2) is 4.49. The number of aromatic hydroxyl groups is 1. The lowest BCUT2D eigenvalue weighted by Gasteiger charge is -1.94. The Bertz CT molecular complexity index is 710. The molecule has 0 unspecified atom stereocenters.